The topological polar surface area (TPSA) is 138 Å². The zero-order valence-corrected chi connectivity index (χ0v) is 15.8. The van der Waals surface area contributed by atoms with Crippen molar-refractivity contribution >= 4 is 23.6 Å². The van der Waals surface area contributed by atoms with E-state index in [9.17, 15) is 19.7 Å². The molecule has 1 N–H and O–H groups in total. The summed E-state index contributed by atoms with van der Waals surface area (Å²) >= 11 is 0. The molecule has 1 heterocycles. The van der Waals surface area contributed by atoms with Crippen molar-refractivity contribution in [3.8, 4) is 5.69 Å². The van der Waals surface area contributed by atoms with Gasteiger partial charge in [0.25, 0.3) is 5.69 Å². The fourth-order valence-electron chi connectivity index (χ4n) is 2.51. The van der Waals surface area contributed by atoms with Crippen molar-refractivity contribution in [1.29, 1.82) is 0 Å². The van der Waals surface area contributed by atoms with Crippen molar-refractivity contribution in [3.63, 3.8) is 0 Å². The van der Waals surface area contributed by atoms with Crippen LogP contribution in [0.2, 0.25) is 0 Å². The summed E-state index contributed by atoms with van der Waals surface area (Å²) in [6, 6.07) is 14.5. The van der Waals surface area contributed by atoms with Crippen LogP contribution in [0.5, 0.6) is 0 Å². The number of hydrogen-bond donors (Lipinski definition) is 1. The zero-order valence-electron chi connectivity index (χ0n) is 15.8. The first-order chi connectivity index (χ1) is 14.5. The van der Waals surface area contributed by atoms with Gasteiger partial charge in [0, 0.05) is 12.1 Å². The van der Waals surface area contributed by atoms with Crippen LogP contribution in [0.4, 0.5) is 16.3 Å². The van der Waals surface area contributed by atoms with E-state index in [1.165, 1.54) is 24.3 Å². The van der Waals surface area contributed by atoms with Crippen LogP contribution in [-0.4, -0.2) is 38.6 Å². The molecule has 0 radical (unpaired) electrons. The van der Waals surface area contributed by atoms with Gasteiger partial charge in [0.2, 0.25) is 5.69 Å². The molecule has 0 saturated carbocycles. The van der Waals surface area contributed by atoms with E-state index in [-0.39, 0.29) is 36.1 Å². The first-order valence-electron chi connectivity index (χ1n) is 8.85. The number of anilines is 1. The van der Waals surface area contributed by atoms with Gasteiger partial charge in [-0.1, -0.05) is 41.6 Å². The molecule has 11 nitrogen and oxygen atoms in total. The van der Waals surface area contributed by atoms with E-state index in [1.807, 2.05) is 6.07 Å². The third-order valence-electron chi connectivity index (χ3n) is 3.86. The number of carbonyl (C=O) groups excluding carboxylic acids is 2. The highest BCUT2D eigenvalue weighted by Crippen LogP contribution is 2.22. The number of nitrogens with one attached hydrogen (secondary N) is 1. The highest BCUT2D eigenvalue weighted by Gasteiger charge is 2.24. The molecular formula is C19H17N5O6. The first-order valence-corrected chi connectivity index (χ1v) is 8.85. The van der Waals surface area contributed by atoms with Gasteiger partial charge in [0.05, 0.1) is 17.2 Å². The minimum atomic E-state index is -0.863. The average molecular weight is 411 g/mol. The number of benzene rings is 2. The van der Waals surface area contributed by atoms with Crippen molar-refractivity contribution < 1.29 is 24.0 Å². The fraction of sp³-hybridized carbons (Fsp3) is 0.158. The molecule has 30 heavy (non-hydrogen) atoms. The van der Waals surface area contributed by atoms with Crippen LogP contribution < -0.4 is 5.32 Å². The molecule has 0 saturated heterocycles. The summed E-state index contributed by atoms with van der Waals surface area (Å²) in [6.07, 6.45) is -0.863. The number of hydrogen-bond acceptors (Lipinski definition) is 8. The van der Waals surface area contributed by atoms with Gasteiger partial charge < -0.3 is 9.47 Å². The number of non-ortho nitro benzene ring substituents is 1. The van der Waals surface area contributed by atoms with Gasteiger partial charge in [-0.15, -0.1) is 5.10 Å². The number of nitro groups is 1. The smallest absolute Gasteiger partial charge is 0.413 e. The third kappa shape index (κ3) is 4.76. The van der Waals surface area contributed by atoms with E-state index >= 15 is 0 Å². The summed E-state index contributed by atoms with van der Waals surface area (Å²) in [7, 11) is 0. The second kappa shape index (κ2) is 9.28. The standard InChI is InChI=1S/C19H17N5O6/c1-2-29-18(25)16-17(20-19(26)30-12-13-7-4-3-5-8-13)23(22-21-16)14-9-6-10-15(11-14)24(27)28/h3-11H,2,12H2,1H3,(H,20,26). The molecule has 0 atom stereocenters. The highest BCUT2D eigenvalue weighted by atomic mass is 16.6. The lowest BCUT2D eigenvalue weighted by Gasteiger charge is -2.10. The monoisotopic (exact) mass is 411 g/mol. The average Bonchev–Trinajstić information content (AvgIpc) is 3.17. The fourth-order valence-corrected chi connectivity index (χ4v) is 2.51. The van der Waals surface area contributed by atoms with E-state index in [2.05, 4.69) is 15.6 Å². The van der Waals surface area contributed by atoms with Crippen LogP contribution in [0.3, 0.4) is 0 Å². The number of esters is 1. The Bertz CT molecular complexity index is 1070. The number of carbonyl (C=O) groups is 2. The van der Waals surface area contributed by atoms with E-state index in [1.54, 1.807) is 31.2 Å². The van der Waals surface area contributed by atoms with Gasteiger partial charge in [-0.05, 0) is 18.6 Å². The first kappa shape index (κ1) is 20.5. The number of amides is 1. The Morgan fingerprint density at radius 1 is 1.13 bits per heavy atom. The van der Waals surface area contributed by atoms with Crippen molar-refractivity contribution in [2.24, 2.45) is 0 Å². The summed E-state index contributed by atoms with van der Waals surface area (Å²) < 4.78 is 11.2. The molecule has 0 unspecified atom stereocenters. The summed E-state index contributed by atoms with van der Waals surface area (Å²) in [5, 5.41) is 21.1. The van der Waals surface area contributed by atoms with Gasteiger partial charge in [-0.3, -0.25) is 15.4 Å². The summed E-state index contributed by atoms with van der Waals surface area (Å²) in [4.78, 5) is 35.0. The number of nitro benzene ring substituents is 1. The molecule has 1 amide bonds. The largest absolute Gasteiger partial charge is 0.461 e. The van der Waals surface area contributed by atoms with Crippen molar-refractivity contribution in [2.75, 3.05) is 11.9 Å². The summed E-state index contributed by atoms with van der Waals surface area (Å²) in [5.41, 5.74) is 0.521. The van der Waals surface area contributed by atoms with Gasteiger partial charge >= 0.3 is 12.1 Å². The lowest BCUT2D eigenvalue weighted by Crippen LogP contribution is -2.19. The van der Waals surface area contributed by atoms with Crippen LogP contribution in [-0.2, 0) is 16.1 Å². The van der Waals surface area contributed by atoms with Crippen LogP contribution in [0.15, 0.2) is 54.6 Å². The zero-order chi connectivity index (χ0) is 21.5. The van der Waals surface area contributed by atoms with Crippen LogP contribution in [0, 0.1) is 10.1 Å². The Hall–Kier alpha value is -4.28. The van der Waals surface area contributed by atoms with Crippen LogP contribution in [0.1, 0.15) is 23.0 Å². The third-order valence-corrected chi connectivity index (χ3v) is 3.86. The lowest BCUT2D eigenvalue weighted by atomic mass is 10.2. The van der Waals surface area contributed by atoms with Crippen LogP contribution in [0.25, 0.3) is 5.69 Å². The minimum absolute atomic E-state index is 0.000211. The quantitative estimate of drug-likeness (QED) is 0.355. The van der Waals surface area contributed by atoms with E-state index in [0.29, 0.717) is 0 Å². The molecule has 2 aromatic carbocycles. The van der Waals surface area contributed by atoms with E-state index in [0.717, 1.165) is 10.2 Å². The predicted octanol–water partition coefficient (Wildman–Crippen LogP) is 3.10. The van der Waals surface area contributed by atoms with Crippen LogP contribution >= 0.6 is 0 Å². The van der Waals surface area contributed by atoms with Gasteiger partial charge in [0.1, 0.15) is 6.61 Å². The van der Waals surface area contributed by atoms with Gasteiger partial charge in [0.15, 0.2) is 5.82 Å². The summed E-state index contributed by atoms with van der Waals surface area (Å²) in [5.74, 6) is -0.945. The SMILES string of the molecule is CCOC(=O)c1nnn(-c2cccc([N+](=O)[O-])c2)c1NC(=O)OCc1ccccc1. The second-order valence-electron chi connectivity index (χ2n) is 5.88. The maximum atomic E-state index is 12.3. The molecule has 154 valence electrons. The Morgan fingerprint density at radius 2 is 1.90 bits per heavy atom. The summed E-state index contributed by atoms with van der Waals surface area (Å²) in [6.45, 7) is 1.70. The molecule has 0 aliphatic heterocycles. The molecule has 0 fully saturated rings. The van der Waals surface area contributed by atoms with Gasteiger partial charge in [-0.25, -0.2) is 9.59 Å². The lowest BCUT2D eigenvalue weighted by molar-refractivity contribution is -0.384. The Balaban J connectivity index is 1.89. The van der Waals surface area contributed by atoms with Crippen molar-refractivity contribution in [2.45, 2.75) is 13.5 Å². The van der Waals surface area contributed by atoms with Gasteiger partial charge in [-0.2, -0.15) is 4.68 Å². The molecule has 1 aromatic heterocycles. The van der Waals surface area contributed by atoms with E-state index in [4.69, 9.17) is 9.47 Å². The molecule has 0 bridgehead atoms. The molecule has 0 aliphatic rings. The van der Waals surface area contributed by atoms with Crippen molar-refractivity contribution in [1.82, 2.24) is 15.0 Å². The van der Waals surface area contributed by atoms with E-state index < -0.39 is 17.0 Å². The maximum absolute atomic E-state index is 12.3. The number of ether oxygens (including phenoxy) is 2. The Kier molecular flexibility index (Phi) is 6.33. The maximum Gasteiger partial charge on any atom is 0.413 e. The van der Waals surface area contributed by atoms with Crippen molar-refractivity contribution in [3.05, 3.63) is 76.0 Å². The number of nitrogens with zero attached hydrogens (tertiary/aromatic N) is 4. The molecular weight excluding hydrogens is 394 g/mol. The number of aromatic nitrogens is 3. The molecule has 3 aromatic rings. The second-order valence-corrected chi connectivity index (χ2v) is 5.88. The normalized spacial score (nSPS) is 10.3. The highest BCUT2D eigenvalue weighted by molar-refractivity contribution is 5.97. The minimum Gasteiger partial charge on any atom is -0.461 e. The predicted molar refractivity (Wildman–Crippen MR) is 104 cm³/mol. The Labute approximate surface area is 170 Å². The molecule has 11 heteroatoms. The molecule has 3 rings (SSSR count). The molecule has 0 spiro atoms. The number of rotatable bonds is 7. The Morgan fingerprint density at radius 3 is 2.60 bits per heavy atom. The molecule has 0 aliphatic carbocycles.